The van der Waals surface area contributed by atoms with E-state index in [1.54, 1.807) is 4.31 Å². The average molecular weight is 276 g/mol. The Hall–Kier alpha value is -0.170. The van der Waals surface area contributed by atoms with E-state index in [-0.39, 0.29) is 12.1 Å². The third kappa shape index (κ3) is 3.44. The Bertz CT molecular complexity index is 366. The van der Waals surface area contributed by atoms with Crippen molar-refractivity contribution in [2.75, 3.05) is 19.7 Å². The Labute approximate surface area is 110 Å². The van der Waals surface area contributed by atoms with E-state index in [1.165, 1.54) is 0 Å². The van der Waals surface area contributed by atoms with Gasteiger partial charge >= 0.3 is 0 Å². The molecule has 6 heteroatoms. The first-order valence-corrected chi connectivity index (χ1v) is 8.32. The van der Waals surface area contributed by atoms with E-state index in [0.29, 0.717) is 19.0 Å². The molecule has 2 rings (SSSR count). The maximum absolute atomic E-state index is 12.3. The van der Waals surface area contributed by atoms with Crippen molar-refractivity contribution in [3.8, 4) is 0 Å². The summed E-state index contributed by atoms with van der Waals surface area (Å²) in [5, 5.41) is 0. The standard InChI is InChI=1S/C12H24N2O3S/c1-10-5-3-7-14(9-10)18(15,16)13-11(2)12-6-4-8-17-12/h10-13H,3-9H2,1-2H3/t10-,11+,12-/m1/s1. The molecule has 106 valence electrons. The van der Waals surface area contributed by atoms with E-state index in [9.17, 15) is 8.42 Å². The monoisotopic (exact) mass is 276 g/mol. The van der Waals surface area contributed by atoms with Crippen molar-refractivity contribution in [1.29, 1.82) is 0 Å². The SMILES string of the molecule is C[C@@H]1CCCN(S(=O)(=O)N[C@@H](C)[C@H]2CCCO2)C1. The van der Waals surface area contributed by atoms with Crippen LogP contribution < -0.4 is 4.72 Å². The molecule has 0 aromatic carbocycles. The normalized spacial score (nSPS) is 32.6. The molecule has 1 N–H and O–H groups in total. The molecular formula is C12H24N2O3S. The quantitative estimate of drug-likeness (QED) is 0.837. The van der Waals surface area contributed by atoms with Crippen LogP contribution >= 0.6 is 0 Å². The van der Waals surface area contributed by atoms with Crippen LogP contribution in [0.15, 0.2) is 0 Å². The Balaban J connectivity index is 1.93. The number of hydrogen-bond acceptors (Lipinski definition) is 3. The minimum atomic E-state index is -3.35. The van der Waals surface area contributed by atoms with Crippen molar-refractivity contribution < 1.29 is 13.2 Å². The molecule has 0 spiro atoms. The molecule has 0 radical (unpaired) electrons. The number of hydrogen-bond donors (Lipinski definition) is 1. The molecule has 0 bridgehead atoms. The Morgan fingerprint density at radius 3 is 2.72 bits per heavy atom. The number of nitrogens with zero attached hydrogens (tertiary/aromatic N) is 1. The van der Waals surface area contributed by atoms with Crippen LogP contribution in [0.25, 0.3) is 0 Å². The predicted molar refractivity (Wildman–Crippen MR) is 70.5 cm³/mol. The van der Waals surface area contributed by atoms with Crippen molar-refractivity contribution in [2.45, 2.75) is 51.7 Å². The van der Waals surface area contributed by atoms with E-state index in [2.05, 4.69) is 11.6 Å². The lowest BCUT2D eigenvalue weighted by atomic mass is 10.0. The Kier molecular flexibility index (Phi) is 4.64. The molecule has 0 amide bonds. The van der Waals surface area contributed by atoms with Crippen molar-refractivity contribution in [1.82, 2.24) is 9.03 Å². The molecule has 2 aliphatic heterocycles. The van der Waals surface area contributed by atoms with E-state index in [4.69, 9.17) is 4.74 Å². The summed E-state index contributed by atoms with van der Waals surface area (Å²) in [7, 11) is -3.35. The zero-order valence-corrected chi connectivity index (χ0v) is 12.1. The molecule has 2 fully saturated rings. The van der Waals surface area contributed by atoms with Crippen LogP contribution in [0.4, 0.5) is 0 Å². The smallest absolute Gasteiger partial charge is 0.279 e. The van der Waals surface area contributed by atoms with E-state index in [1.807, 2.05) is 6.92 Å². The van der Waals surface area contributed by atoms with Gasteiger partial charge in [-0.05, 0) is 38.5 Å². The van der Waals surface area contributed by atoms with Crippen molar-refractivity contribution in [2.24, 2.45) is 5.92 Å². The lowest BCUT2D eigenvalue weighted by molar-refractivity contribution is 0.0894. The van der Waals surface area contributed by atoms with E-state index >= 15 is 0 Å². The first-order valence-electron chi connectivity index (χ1n) is 6.88. The second-order valence-electron chi connectivity index (χ2n) is 5.57. The van der Waals surface area contributed by atoms with Gasteiger partial charge in [-0.1, -0.05) is 6.92 Å². The molecular weight excluding hydrogens is 252 g/mol. The maximum Gasteiger partial charge on any atom is 0.279 e. The number of nitrogens with one attached hydrogen (secondary N) is 1. The zero-order chi connectivity index (χ0) is 13.2. The van der Waals surface area contributed by atoms with Crippen molar-refractivity contribution in [3.63, 3.8) is 0 Å². The molecule has 2 saturated heterocycles. The lowest BCUT2D eigenvalue weighted by Crippen LogP contribution is -2.50. The summed E-state index contributed by atoms with van der Waals surface area (Å²) in [4.78, 5) is 0. The van der Waals surface area contributed by atoms with Gasteiger partial charge in [0.1, 0.15) is 0 Å². The summed E-state index contributed by atoms with van der Waals surface area (Å²) in [5.41, 5.74) is 0. The zero-order valence-electron chi connectivity index (χ0n) is 11.3. The molecule has 18 heavy (non-hydrogen) atoms. The molecule has 0 aromatic rings. The van der Waals surface area contributed by atoms with Gasteiger partial charge in [0.15, 0.2) is 0 Å². The molecule has 5 nitrogen and oxygen atoms in total. The van der Waals surface area contributed by atoms with Crippen LogP contribution in [0.2, 0.25) is 0 Å². The highest BCUT2D eigenvalue weighted by Crippen LogP contribution is 2.20. The first-order chi connectivity index (χ1) is 8.49. The van der Waals surface area contributed by atoms with Crippen LogP contribution in [-0.2, 0) is 14.9 Å². The van der Waals surface area contributed by atoms with Gasteiger partial charge in [0.25, 0.3) is 10.2 Å². The number of rotatable bonds is 4. The highest BCUT2D eigenvalue weighted by molar-refractivity contribution is 7.87. The second kappa shape index (κ2) is 5.86. The molecule has 2 heterocycles. The van der Waals surface area contributed by atoms with Crippen LogP contribution in [0.5, 0.6) is 0 Å². The fourth-order valence-corrected chi connectivity index (χ4v) is 4.34. The van der Waals surface area contributed by atoms with Crippen LogP contribution in [-0.4, -0.2) is 44.6 Å². The van der Waals surface area contributed by atoms with Crippen molar-refractivity contribution in [3.05, 3.63) is 0 Å². The fourth-order valence-electron chi connectivity index (χ4n) is 2.75. The third-order valence-electron chi connectivity index (χ3n) is 3.82. The maximum atomic E-state index is 12.3. The minimum Gasteiger partial charge on any atom is -0.377 e. The summed E-state index contributed by atoms with van der Waals surface area (Å²) in [6.45, 7) is 6.01. The predicted octanol–water partition coefficient (Wildman–Crippen LogP) is 1.12. The summed E-state index contributed by atoms with van der Waals surface area (Å²) < 4.78 is 34.4. The third-order valence-corrected chi connectivity index (χ3v) is 5.50. The lowest BCUT2D eigenvalue weighted by Gasteiger charge is -2.31. The van der Waals surface area contributed by atoms with Crippen LogP contribution in [0.3, 0.4) is 0 Å². The van der Waals surface area contributed by atoms with Crippen LogP contribution in [0.1, 0.15) is 39.5 Å². The molecule has 0 unspecified atom stereocenters. The highest BCUT2D eigenvalue weighted by Gasteiger charge is 2.31. The van der Waals surface area contributed by atoms with Gasteiger partial charge in [0.05, 0.1) is 6.10 Å². The Morgan fingerprint density at radius 2 is 2.11 bits per heavy atom. The number of piperidine rings is 1. The molecule has 0 saturated carbocycles. The topological polar surface area (TPSA) is 58.6 Å². The Morgan fingerprint density at radius 1 is 1.33 bits per heavy atom. The van der Waals surface area contributed by atoms with Gasteiger partial charge in [0.2, 0.25) is 0 Å². The second-order valence-corrected chi connectivity index (χ2v) is 7.27. The van der Waals surface area contributed by atoms with Gasteiger partial charge in [-0.15, -0.1) is 0 Å². The minimum absolute atomic E-state index is 0.0296. The summed E-state index contributed by atoms with van der Waals surface area (Å²) in [6.07, 6.45) is 4.07. The van der Waals surface area contributed by atoms with Crippen LogP contribution in [0, 0.1) is 5.92 Å². The summed E-state index contributed by atoms with van der Waals surface area (Å²) in [6, 6.07) is -0.144. The molecule has 0 aliphatic carbocycles. The van der Waals surface area contributed by atoms with Gasteiger partial charge < -0.3 is 4.74 Å². The van der Waals surface area contributed by atoms with Gasteiger partial charge in [-0.3, -0.25) is 0 Å². The van der Waals surface area contributed by atoms with Crippen molar-refractivity contribution >= 4 is 10.2 Å². The summed E-state index contributed by atoms with van der Waals surface area (Å²) >= 11 is 0. The molecule has 2 aliphatic rings. The average Bonchev–Trinajstić information content (AvgIpc) is 2.82. The van der Waals surface area contributed by atoms with E-state index in [0.717, 1.165) is 32.3 Å². The van der Waals surface area contributed by atoms with Gasteiger partial charge in [-0.25, -0.2) is 0 Å². The van der Waals surface area contributed by atoms with Gasteiger partial charge in [0, 0.05) is 25.7 Å². The first kappa shape index (κ1) is 14.2. The summed E-state index contributed by atoms with van der Waals surface area (Å²) in [5.74, 6) is 0.452. The largest absolute Gasteiger partial charge is 0.377 e. The molecule has 0 aromatic heterocycles. The highest BCUT2D eigenvalue weighted by atomic mass is 32.2. The molecule has 3 atom stereocenters. The van der Waals surface area contributed by atoms with E-state index < -0.39 is 10.2 Å². The fraction of sp³-hybridized carbons (Fsp3) is 1.00. The van der Waals surface area contributed by atoms with Gasteiger partial charge in [-0.2, -0.15) is 17.4 Å². The number of ether oxygens (including phenoxy) is 1.